The molecule has 2 aliphatic rings. The standard InChI is InChI=1S/C42H38O/c1-6-7-15-31-28(3)23-30-14-8-9-16-32(30)39(31)27(2)21-22-29-24-38-40-36-20-13-12-18-34(36)33-17-10-11-19-35(33)37(40)26-42(38,43)41(4,5)25-29/h1,7-23,38,43H,24-26H2,2-5H3/b15-7-,27-21+,29-22-/t38?,42-/m0/s1. The summed E-state index contributed by atoms with van der Waals surface area (Å²) in [6, 6.07) is 28.4. The van der Waals surface area contributed by atoms with Crippen LogP contribution in [0.4, 0.5) is 0 Å². The summed E-state index contributed by atoms with van der Waals surface area (Å²) in [6.45, 7) is 8.89. The number of terminal acetylenes is 1. The lowest BCUT2D eigenvalue weighted by Gasteiger charge is -2.49. The quantitative estimate of drug-likeness (QED) is 0.172. The summed E-state index contributed by atoms with van der Waals surface area (Å²) in [5, 5.41) is 20.2. The Balaban J connectivity index is 1.37. The number of aliphatic hydroxyl groups is 1. The highest BCUT2D eigenvalue weighted by atomic mass is 16.3. The van der Waals surface area contributed by atoms with Gasteiger partial charge in [0.15, 0.2) is 0 Å². The van der Waals surface area contributed by atoms with Gasteiger partial charge in [-0.1, -0.05) is 116 Å². The van der Waals surface area contributed by atoms with Gasteiger partial charge in [0, 0.05) is 12.3 Å². The third-order valence-electron chi connectivity index (χ3n) is 10.4. The average Bonchev–Trinajstić information content (AvgIpc) is 3.32. The van der Waals surface area contributed by atoms with Crippen molar-refractivity contribution in [2.45, 2.75) is 58.5 Å². The van der Waals surface area contributed by atoms with Crippen molar-refractivity contribution >= 4 is 44.0 Å². The molecule has 5 aromatic rings. The summed E-state index contributed by atoms with van der Waals surface area (Å²) in [6.07, 6.45) is 16.5. The van der Waals surface area contributed by atoms with E-state index in [0.29, 0.717) is 6.42 Å². The molecule has 1 nitrogen and oxygen atoms in total. The zero-order valence-corrected chi connectivity index (χ0v) is 25.5. The fraction of sp³-hybridized carbons (Fsp3) is 0.238. The van der Waals surface area contributed by atoms with Gasteiger partial charge in [0.05, 0.1) is 5.60 Å². The van der Waals surface area contributed by atoms with Crippen molar-refractivity contribution in [3.63, 3.8) is 0 Å². The third-order valence-corrected chi connectivity index (χ3v) is 10.4. The molecule has 7 rings (SSSR count). The van der Waals surface area contributed by atoms with E-state index >= 15 is 0 Å². The largest absolute Gasteiger partial charge is 0.388 e. The third kappa shape index (κ3) is 4.20. The van der Waals surface area contributed by atoms with Crippen LogP contribution in [0.15, 0.2) is 103 Å². The van der Waals surface area contributed by atoms with Crippen LogP contribution in [0.25, 0.3) is 44.0 Å². The first-order valence-electron chi connectivity index (χ1n) is 15.4. The second-order valence-corrected chi connectivity index (χ2v) is 13.3. The highest BCUT2D eigenvalue weighted by molar-refractivity contribution is 6.11. The molecular formula is C42H38O. The van der Waals surface area contributed by atoms with Crippen LogP contribution < -0.4 is 0 Å². The van der Waals surface area contributed by atoms with Gasteiger partial charge < -0.3 is 5.11 Å². The lowest BCUT2D eigenvalue weighted by Crippen LogP contribution is -2.51. The molecule has 0 radical (unpaired) electrons. The Labute approximate surface area is 255 Å². The van der Waals surface area contributed by atoms with Crippen LogP contribution in [-0.2, 0) is 6.42 Å². The molecule has 0 aromatic heterocycles. The Morgan fingerprint density at radius 2 is 1.51 bits per heavy atom. The molecule has 5 aromatic carbocycles. The fourth-order valence-corrected chi connectivity index (χ4v) is 8.23. The van der Waals surface area contributed by atoms with Crippen molar-refractivity contribution in [2.75, 3.05) is 0 Å². The van der Waals surface area contributed by atoms with E-state index in [2.05, 4.69) is 131 Å². The predicted molar refractivity (Wildman–Crippen MR) is 184 cm³/mol. The minimum Gasteiger partial charge on any atom is -0.388 e. The predicted octanol–water partition coefficient (Wildman–Crippen LogP) is 10.3. The van der Waals surface area contributed by atoms with E-state index in [0.717, 1.165) is 12.8 Å². The summed E-state index contributed by atoms with van der Waals surface area (Å²) in [5.41, 5.74) is 7.83. The van der Waals surface area contributed by atoms with Crippen LogP contribution in [0.5, 0.6) is 0 Å². The number of hydrogen-bond donors (Lipinski definition) is 1. The van der Waals surface area contributed by atoms with E-state index in [-0.39, 0.29) is 11.3 Å². The molecule has 0 spiro atoms. The van der Waals surface area contributed by atoms with Crippen molar-refractivity contribution in [1.29, 1.82) is 0 Å². The van der Waals surface area contributed by atoms with E-state index in [1.54, 1.807) is 6.08 Å². The summed E-state index contributed by atoms with van der Waals surface area (Å²) >= 11 is 0. The molecule has 0 bridgehead atoms. The van der Waals surface area contributed by atoms with Gasteiger partial charge in [-0.2, -0.15) is 0 Å². The van der Waals surface area contributed by atoms with Crippen molar-refractivity contribution in [3.8, 4) is 12.3 Å². The monoisotopic (exact) mass is 558 g/mol. The van der Waals surface area contributed by atoms with Crippen LogP contribution >= 0.6 is 0 Å². The lowest BCUT2D eigenvalue weighted by atomic mass is 9.59. The smallest absolute Gasteiger partial charge is 0.0813 e. The van der Waals surface area contributed by atoms with Crippen LogP contribution in [0.2, 0.25) is 0 Å². The van der Waals surface area contributed by atoms with Crippen molar-refractivity contribution in [3.05, 3.63) is 130 Å². The summed E-state index contributed by atoms with van der Waals surface area (Å²) in [5.74, 6) is 2.72. The van der Waals surface area contributed by atoms with Gasteiger partial charge in [-0.25, -0.2) is 0 Å². The van der Waals surface area contributed by atoms with Crippen LogP contribution in [0.1, 0.15) is 67.3 Å². The first-order valence-corrected chi connectivity index (χ1v) is 15.4. The number of benzene rings is 5. The first kappa shape index (κ1) is 27.5. The molecule has 43 heavy (non-hydrogen) atoms. The summed E-state index contributed by atoms with van der Waals surface area (Å²) < 4.78 is 0. The van der Waals surface area contributed by atoms with Gasteiger partial charge in [0.1, 0.15) is 0 Å². The van der Waals surface area contributed by atoms with E-state index in [4.69, 9.17) is 6.42 Å². The molecule has 2 atom stereocenters. The van der Waals surface area contributed by atoms with Gasteiger partial charge in [0.2, 0.25) is 0 Å². The van der Waals surface area contributed by atoms with Crippen LogP contribution in [0.3, 0.4) is 0 Å². The first-order chi connectivity index (χ1) is 20.7. The number of aryl methyl sites for hydroxylation is 1. The topological polar surface area (TPSA) is 20.2 Å². The zero-order valence-electron chi connectivity index (χ0n) is 25.5. The van der Waals surface area contributed by atoms with Gasteiger partial charge in [-0.05, 0) is 110 Å². The highest BCUT2D eigenvalue weighted by Gasteiger charge is 2.57. The number of allylic oxidation sites excluding steroid dienone is 5. The second kappa shape index (κ2) is 10.1. The molecule has 1 unspecified atom stereocenters. The molecule has 0 aliphatic heterocycles. The summed E-state index contributed by atoms with van der Waals surface area (Å²) in [7, 11) is 0. The van der Waals surface area contributed by atoms with E-state index in [1.807, 2.05) is 0 Å². The van der Waals surface area contributed by atoms with Crippen LogP contribution in [0, 0.1) is 24.7 Å². The number of hydrogen-bond acceptors (Lipinski definition) is 1. The van der Waals surface area contributed by atoms with Crippen molar-refractivity contribution in [1.82, 2.24) is 0 Å². The Bertz CT molecular complexity index is 2080. The molecule has 212 valence electrons. The molecule has 1 fully saturated rings. The average molecular weight is 559 g/mol. The maximum atomic E-state index is 12.6. The number of rotatable bonds is 3. The molecule has 0 amide bonds. The molecule has 0 saturated heterocycles. The zero-order chi connectivity index (χ0) is 29.9. The van der Waals surface area contributed by atoms with Crippen molar-refractivity contribution < 1.29 is 5.11 Å². The van der Waals surface area contributed by atoms with Gasteiger partial charge >= 0.3 is 0 Å². The second-order valence-electron chi connectivity index (χ2n) is 13.3. The Hall–Kier alpha value is -4.38. The van der Waals surface area contributed by atoms with Gasteiger partial charge in [0.25, 0.3) is 0 Å². The molecular weight excluding hydrogens is 520 g/mol. The Kier molecular flexibility index (Phi) is 6.46. The maximum absolute atomic E-state index is 12.6. The lowest BCUT2D eigenvalue weighted by molar-refractivity contribution is -0.0912. The maximum Gasteiger partial charge on any atom is 0.0813 e. The Morgan fingerprint density at radius 3 is 2.23 bits per heavy atom. The SMILES string of the molecule is C#C/C=C\c1c(C)cc2ccccc2c1/C(C)=C/C=C1/CC2c3c(c4ccccc4c4ccccc34)C[C@@]2(O)C(C)(C)C1. The van der Waals surface area contributed by atoms with Crippen molar-refractivity contribution in [2.24, 2.45) is 5.41 Å². The van der Waals surface area contributed by atoms with E-state index < -0.39 is 5.60 Å². The van der Waals surface area contributed by atoms with E-state index in [9.17, 15) is 5.11 Å². The fourth-order valence-electron chi connectivity index (χ4n) is 8.23. The summed E-state index contributed by atoms with van der Waals surface area (Å²) in [4.78, 5) is 0. The molecule has 2 aliphatic carbocycles. The normalized spacial score (nSPS) is 22.4. The highest BCUT2D eigenvalue weighted by Crippen LogP contribution is 2.61. The van der Waals surface area contributed by atoms with E-state index in [1.165, 1.54) is 71.3 Å². The molecule has 1 saturated carbocycles. The van der Waals surface area contributed by atoms with Gasteiger partial charge in [-0.15, -0.1) is 6.42 Å². The molecule has 1 heteroatoms. The van der Waals surface area contributed by atoms with Gasteiger partial charge in [-0.3, -0.25) is 0 Å². The number of fused-ring (bicyclic) bond motifs is 9. The minimum absolute atomic E-state index is 0.0506. The Morgan fingerprint density at radius 1 is 0.884 bits per heavy atom. The van der Waals surface area contributed by atoms with Crippen LogP contribution in [-0.4, -0.2) is 10.7 Å². The minimum atomic E-state index is -0.793. The molecule has 1 N–H and O–H groups in total. The molecule has 0 heterocycles.